The van der Waals surface area contributed by atoms with Crippen LogP contribution < -0.4 is 4.74 Å². The highest BCUT2D eigenvalue weighted by atomic mass is 19.1. The Bertz CT molecular complexity index is 797. The lowest BCUT2D eigenvalue weighted by Crippen LogP contribution is -1.99. The molecular weight excluding hydrogens is 259 g/mol. The lowest BCUT2D eigenvalue weighted by molar-refractivity contribution is 0.413. The number of hydrogen-bond donors (Lipinski definition) is 0. The van der Waals surface area contributed by atoms with E-state index in [-0.39, 0.29) is 5.82 Å². The fourth-order valence-corrected chi connectivity index (χ4v) is 2.23. The van der Waals surface area contributed by atoms with Crippen molar-refractivity contribution in [1.82, 2.24) is 19.7 Å². The largest absolute Gasteiger partial charge is 0.496 e. The molecule has 0 saturated carbocycles. The highest BCUT2D eigenvalue weighted by Crippen LogP contribution is 2.35. The van der Waals surface area contributed by atoms with E-state index in [9.17, 15) is 4.39 Å². The van der Waals surface area contributed by atoms with E-state index >= 15 is 0 Å². The van der Waals surface area contributed by atoms with E-state index in [1.165, 1.54) is 13.2 Å². The summed E-state index contributed by atoms with van der Waals surface area (Å²) in [5.41, 5.74) is 1.49. The molecule has 0 bridgehead atoms. The topological polar surface area (TPSA) is 52.8 Å². The maximum absolute atomic E-state index is 14.2. The van der Waals surface area contributed by atoms with E-state index in [0.29, 0.717) is 33.9 Å². The standard InChI is InChI=1S/C14H13FN4O/c1-8-17-13(9-7-16-19(2)14(9)18-8)12-10(15)5-4-6-11(12)20-3/h4-7H,1-3H3. The number of fused-ring (bicyclic) bond motifs is 1. The first-order valence-electron chi connectivity index (χ1n) is 6.11. The fraction of sp³-hybridized carbons (Fsp3) is 0.214. The van der Waals surface area contributed by atoms with Crippen LogP contribution in [0, 0.1) is 12.7 Å². The van der Waals surface area contributed by atoms with Gasteiger partial charge < -0.3 is 4.74 Å². The van der Waals surface area contributed by atoms with Crippen LogP contribution in [0.15, 0.2) is 24.4 Å². The lowest BCUT2D eigenvalue weighted by Gasteiger charge is -2.10. The van der Waals surface area contributed by atoms with Crippen molar-refractivity contribution < 1.29 is 9.13 Å². The first-order chi connectivity index (χ1) is 9.61. The molecule has 102 valence electrons. The zero-order chi connectivity index (χ0) is 14.3. The molecule has 0 radical (unpaired) electrons. The molecule has 0 N–H and O–H groups in total. The zero-order valence-electron chi connectivity index (χ0n) is 11.4. The van der Waals surface area contributed by atoms with E-state index in [1.807, 2.05) is 0 Å². The molecule has 0 spiro atoms. The molecule has 0 fully saturated rings. The summed E-state index contributed by atoms with van der Waals surface area (Å²) < 4.78 is 21.1. The van der Waals surface area contributed by atoms with Crippen molar-refractivity contribution in [3.05, 3.63) is 36.0 Å². The highest BCUT2D eigenvalue weighted by Gasteiger charge is 2.18. The molecule has 0 aliphatic carbocycles. The van der Waals surface area contributed by atoms with Crippen LogP contribution in [-0.2, 0) is 7.05 Å². The van der Waals surface area contributed by atoms with Crippen molar-refractivity contribution in [3.63, 3.8) is 0 Å². The molecule has 3 rings (SSSR count). The molecule has 0 amide bonds. The molecule has 0 atom stereocenters. The minimum absolute atomic E-state index is 0.332. The van der Waals surface area contributed by atoms with Gasteiger partial charge >= 0.3 is 0 Å². The Balaban J connectivity index is 2.41. The van der Waals surface area contributed by atoms with E-state index in [0.717, 1.165) is 0 Å². The van der Waals surface area contributed by atoms with Crippen molar-refractivity contribution in [1.29, 1.82) is 0 Å². The van der Waals surface area contributed by atoms with Gasteiger partial charge in [0.1, 0.15) is 17.4 Å². The van der Waals surface area contributed by atoms with Crippen LogP contribution in [-0.4, -0.2) is 26.9 Å². The summed E-state index contributed by atoms with van der Waals surface area (Å²) >= 11 is 0. The molecule has 2 heterocycles. The fourth-order valence-electron chi connectivity index (χ4n) is 2.23. The van der Waals surface area contributed by atoms with Crippen LogP contribution in [0.3, 0.4) is 0 Å². The monoisotopic (exact) mass is 272 g/mol. The van der Waals surface area contributed by atoms with Gasteiger partial charge in [0.25, 0.3) is 0 Å². The van der Waals surface area contributed by atoms with Crippen LogP contribution >= 0.6 is 0 Å². The van der Waals surface area contributed by atoms with E-state index < -0.39 is 0 Å². The predicted octanol–water partition coefficient (Wildman–Crippen LogP) is 2.49. The van der Waals surface area contributed by atoms with Gasteiger partial charge in [0.2, 0.25) is 0 Å². The number of aromatic nitrogens is 4. The highest BCUT2D eigenvalue weighted by molar-refractivity contribution is 5.92. The van der Waals surface area contributed by atoms with Crippen molar-refractivity contribution in [2.24, 2.45) is 7.05 Å². The Kier molecular flexibility index (Phi) is 2.85. The summed E-state index contributed by atoms with van der Waals surface area (Å²) in [6.07, 6.45) is 1.63. The summed E-state index contributed by atoms with van der Waals surface area (Å²) in [4.78, 5) is 8.70. The van der Waals surface area contributed by atoms with Crippen molar-refractivity contribution in [2.75, 3.05) is 7.11 Å². The first-order valence-corrected chi connectivity index (χ1v) is 6.11. The molecule has 0 saturated heterocycles. The van der Waals surface area contributed by atoms with Crippen molar-refractivity contribution in [2.45, 2.75) is 6.92 Å². The van der Waals surface area contributed by atoms with E-state index in [4.69, 9.17) is 4.74 Å². The van der Waals surface area contributed by atoms with Crippen LogP contribution in [0.4, 0.5) is 4.39 Å². The number of rotatable bonds is 2. The third-order valence-electron chi connectivity index (χ3n) is 3.14. The second kappa shape index (κ2) is 4.56. The van der Waals surface area contributed by atoms with Crippen LogP contribution in [0.1, 0.15) is 5.82 Å². The molecule has 3 aromatic rings. The van der Waals surface area contributed by atoms with Crippen LogP contribution in [0.25, 0.3) is 22.3 Å². The number of nitrogens with zero attached hydrogens (tertiary/aromatic N) is 4. The molecule has 0 unspecified atom stereocenters. The van der Waals surface area contributed by atoms with Crippen molar-refractivity contribution >= 4 is 11.0 Å². The normalized spacial score (nSPS) is 11.0. The minimum atomic E-state index is -0.382. The average molecular weight is 272 g/mol. The molecule has 5 nitrogen and oxygen atoms in total. The minimum Gasteiger partial charge on any atom is -0.496 e. The molecule has 1 aromatic carbocycles. The second-order valence-corrected chi connectivity index (χ2v) is 4.44. The molecule has 0 aliphatic heterocycles. The predicted molar refractivity (Wildman–Crippen MR) is 73.0 cm³/mol. The molecular formula is C14H13FN4O. The number of halogens is 1. The Hall–Kier alpha value is -2.50. The zero-order valence-corrected chi connectivity index (χ0v) is 11.4. The van der Waals surface area contributed by atoms with Gasteiger partial charge in [0.05, 0.1) is 30.0 Å². The van der Waals surface area contributed by atoms with Gasteiger partial charge in [-0.1, -0.05) is 6.07 Å². The number of ether oxygens (including phenoxy) is 1. The molecule has 20 heavy (non-hydrogen) atoms. The Morgan fingerprint density at radius 2 is 2.05 bits per heavy atom. The number of benzene rings is 1. The third-order valence-corrected chi connectivity index (χ3v) is 3.14. The number of methoxy groups -OCH3 is 1. The summed E-state index contributed by atoms with van der Waals surface area (Å²) in [6, 6.07) is 4.70. The van der Waals surface area contributed by atoms with Gasteiger partial charge in [-0.05, 0) is 19.1 Å². The lowest BCUT2D eigenvalue weighted by atomic mass is 10.1. The Morgan fingerprint density at radius 1 is 1.25 bits per heavy atom. The van der Waals surface area contributed by atoms with Crippen molar-refractivity contribution in [3.8, 4) is 17.0 Å². The number of aryl methyl sites for hydroxylation is 2. The van der Waals surface area contributed by atoms with Gasteiger partial charge in [0, 0.05) is 7.05 Å². The number of hydrogen-bond acceptors (Lipinski definition) is 4. The summed E-state index contributed by atoms with van der Waals surface area (Å²) in [7, 11) is 3.30. The Morgan fingerprint density at radius 3 is 2.80 bits per heavy atom. The van der Waals surface area contributed by atoms with Gasteiger partial charge in [-0.3, -0.25) is 4.68 Å². The van der Waals surface area contributed by atoms with Gasteiger partial charge in [-0.25, -0.2) is 14.4 Å². The van der Waals surface area contributed by atoms with Gasteiger partial charge in [0.15, 0.2) is 5.65 Å². The maximum Gasteiger partial charge on any atom is 0.161 e. The third kappa shape index (κ3) is 1.80. The molecule has 2 aromatic heterocycles. The van der Waals surface area contributed by atoms with Gasteiger partial charge in [-0.15, -0.1) is 0 Å². The first kappa shape index (κ1) is 12.5. The summed E-state index contributed by atoms with van der Waals surface area (Å²) in [5, 5.41) is 4.85. The summed E-state index contributed by atoms with van der Waals surface area (Å²) in [5.74, 6) is 0.613. The van der Waals surface area contributed by atoms with Crippen LogP contribution in [0.5, 0.6) is 5.75 Å². The molecule has 6 heteroatoms. The summed E-state index contributed by atoms with van der Waals surface area (Å²) in [6.45, 7) is 1.77. The average Bonchev–Trinajstić information content (AvgIpc) is 2.79. The Labute approximate surface area is 115 Å². The maximum atomic E-state index is 14.2. The SMILES string of the molecule is COc1cccc(F)c1-c1nc(C)nc2c1cnn2C. The van der Waals surface area contributed by atoms with Gasteiger partial charge in [-0.2, -0.15) is 5.10 Å². The van der Waals surface area contributed by atoms with Crippen LogP contribution in [0.2, 0.25) is 0 Å². The van der Waals surface area contributed by atoms with E-state index in [1.54, 1.807) is 37.0 Å². The smallest absolute Gasteiger partial charge is 0.161 e. The second-order valence-electron chi connectivity index (χ2n) is 4.44. The molecule has 0 aliphatic rings. The van der Waals surface area contributed by atoms with E-state index in [2.05, 4.69) is 15.1 Å². The quantitative estimate of drug-likeness (QED) is 0.719.